The smallest absolute Gasteiger partial charge is 0.251 e. The zero-order valence-corrected chi connectivity index (χ0v) is 13.3. The molecule has 0 saturated carbocycles. The molecule has 1 aromatic rings. The SMILES string of the molecule is O=C(NCCC(=O)N1CCCCC1)c1ccc(Br)c(F)c1. The van der Waals surface area contributed by atoms with Crippen molar-refractivity contribution in [3.63, 3.8) is 0 Å². The van der Waals surface area contributed by atoms with Gasteiger partial charge in [-0.25, -0.2) is 4.39 Å². The Hall–Kier alpha value is -1.43. The highest BCUT2D eigenvalue weighted by Gasteiger charge is 2.16. The minimum atomic E-state index is -0.480. The molecule has 114 valence electrons. The quantitative estimate of drug-likeness (QED) is 0.901. The van der Waals surface area contributed by atoms with E-state index >= 15 is 0 Å². The highest BCUT2D eigenvalue weighted by Crippen LogP contribution is 2.16. The first-order valence-electron chi connectivity index (χ1n) is 7.09. The first kappa shape index (κ1) is 15.9. The lowest BCUT2D eigenvalue weighted by atomic mass is 10.1. The Morgan fingerprint density at radius 2 is 1.95 bits per heavy atom. The number of benzene rings is 1. The number of nitrogens with one attached hydrogen (secondary N) is 1. The van der Waals surface area contributed by atoms with Gasteiger partial charge in [0.1, 0.15) is 5.82 Å². The maximum absolute atomic E-state index is 13.3. The van der Waals surface area contributed by atoms with Crippen molar-refractivity contribution in [1.29, 1.82) is 0 Å². The van der Waals surface area contributed by atoms with Crippen LogP contribution >= 0.6 is 15.9 Å². The molecular formula is C15H18BrFN2O2. The molecule has 0 aliphatic carbocycles. The van der Waals surface area contributed by atoms with Gasteiger partial charge >= 0.3 is 0 Å². The fourth-order valence-corrected chi connectivity index (χ4v) is 2.57. The van der Waals surface area contributed by atoms with Crippen LogP contribution in [0.1, 0.15) is 36.0 Å². The number of nitrogens with zero attached hydrogens (tertiary/aromatic N) is 1. The van der Waals surface area contributed by atoms with Crippen LogP contribution in [0, 0.1) is 5.82 Å². The number of hydrogen-bond acceptors (Lipinski definition) is 2. The number of carbonyl (C=O) groups excluding carboxylic acids is 2. The molecule has 2 rings (SSSR count). The number of piperidine rings is 1. The average molecular weight is 357 g/mol. The molecule has 1 aliphatic heterocycles. The van der Waals surface area contributed by atoms with E-state index in [1.54, 1.807) is 0 Å². The summed E-state index contributed by atoms with van der Waals surface area (Å²) < 4.78 is 13.7. The largest absolute Gasteiger partial charge is 0.352 e. The van der Waals surface area contributed by atoms with Crippen molar-refractivity contribution >= 4 is 27.7 Å². The molecule has 1 aliphatic rings. The minimum absolute atomic E-state index is 0.0667. The Bertz CT molecular complexity index is 530. The van der Waals surface area contributed by atoms with Gasteiger partial charge in [0.2, 0.25) is 5.91 Å². The van der Waals surface area contributed by atoms with E-state index in [-0.39, 0.29) is 30.3 Å². The summed E-state index contributed by atoms with van der Waals surface area (Å²) in [5, 5.41) is 2.65. The fourth-order valence-electron chi connectivity index (χ4n) is 2.32. The summed E-state index contributed by atoms with van der Waals surface area (Å²) in [5.74, 6) is -0.781. The minimum Gasteiger partial charge on any atom is -0.352 e. The highest BCUT2D eigenvalue weighted by molar-refractivity contribution is 9.10. The lowest BCUT2D eigenvalue weighted by Gasteiger charge is -2.26. The molecule has 0 radical (unpaired) electrons. The van der Waals surface area contributed by atoms with Crippen LogP contribution in [0.25, 0.3) is 0 Å². The summed E-state index contributed by atoms with van der Waals surface area (Å²) in [4.78, 5) is 25.6. The number of carbonyl (C=O) groups is 2. The Morgan fingerprint density at radius 3 is 2.62 bits per heavy atom. The summed E-state index contributed by atoms with van der Waals surface area (Å²) in [5.41, 5.74) is 0.251. The van der Waals surface area contributed by atoms with E-state index in [1.807, 2.05) is 4.90 Å². The van der Waals surface area contributed by atoms with Crippen LogP contribution in [0.15, 0.2) is 22.7 Å². The van der Waals surface area contributed by atoms with Gasteiger partial charge in [0.05, 0.1) is 4.47 Å². The van der Waals surface area contributed by atoms with Gasteiger partial charge in [-0.2, -0.15) is 0 Å². The van der Waals surface area contributed by atoms with E-state index in [2.05, 4.69) is 21.2 Å². The molecule has 0 spiro atoms. The van der Waals surface area contributed by atoms with Gasteiger partial charge in [0, 0.05) is 31.6 Å². The van der Waals surface area contributed by atoms with Crippen molar-refractivity contribution in [1.82, 2.24) is 10.2 Å². The van der Waals surface area contributed by atoms with Crippen LogP contribution < -0.4 is 5.32 Å². The van der Waals surface area contributed by atoms with E-state index in [9.17, 15) is 14.0 Å². The van der Waals surface area contributed by atoms with Gasteiger partial charge in [-0.1, -0.05) is 0 Å². The third-order valence-electron chi connectivity index (χ3n) is 3.51. The van der Waals surface area contributed by atoms with Crippen molar-refractivity contribution in [3.8, 4) is 0 Å². The molecule has 21 heavy (non-hydrogen) atoms. The van der Waals surface area contributed by atoms with Gasteiger partial charge in [0.25, 0.3) is 5.91 Å². The molecule has 1 heterocycles. The van der Waals surface area contributed by atoms with E-state index in [0.29, 0.717) is 4.47 Å². The lowest BCUT2D eigenvalue weighted by Crippen LogP contribution is -2.37. The van der Waals surface area contributed by atoms with E-state index in [1.165, 1.54) is 24.6 Å². The van der Waals surface area contributed by atoms with E-state index in [0.717, 1.165) is 25.9 Å². The van der Waals surface area contributed by atoms with Gasteiger partial charge in [0.15, 0.2) is 0 Å². The van der Waals surface area contributed by atoms with Gasteiger partial charge in [-0.3, -0.25) is 9.59 Å². The van der Waals surface area contributed by atoms with Crippen molar-refractivity contribution in [3.05, 3.63) is 34.1 Å². The summed E-state index contributed by atoms with van der Waals surface area (Å²) in [7, 11) is 0. The van der Waals surface area contributed by atoms with Crippen molar-refractivity contribution < 1.29 is 14.0 Å². The van der Waals surface area contributed by atoms with Crippen molar-refractivity contribution in [2.75, 3.05) is 19.6 Å². The molecule has 1 fully saturated rings. The van der Waals surface area contributed by atoms with Crippen molar-refractivity contribution in [2.24, 2.45) is 0 Å². The molecule has 0 bridgehead atoms. The molecule has 0 atom stereocenters. The van der Waals surface area contributed by atoms with Crippen LogP contribution in [0.2, 0.25) is 0 Å². The van der Waals surface area contributed by atoms with E-state index < -0.39 is 5.82 Å². The summed E-state index contributed by atoms with van der Waals surface area (Å²) >= 11 is 3.04. The number of halogens is 2. The normalized spacial score (nSPS) is 14.9. The molecule has 0 aromatic heterocycles. The molecule has 0 unspecified atom stereocenters. The first-order valence-corrected chi connectivity index (χ1v) is 7.88. The molecule has 1 saturated heterocycles. The van der Waals surface area contributed by atoms with Crippen LogP contribution in [0.4, 0.5) is 4.39 Å². The van der Waals surface area contributed by atoms with Gasteiger partial charge < -0.3 is 10.2 Å². The summed E-state index contributed by atoms with van der Waals surface area (Å²) in [6.07, 6.45) is 3.56. The number of hydrogen-bond donors (Lipinski definition) is 1. The monoisotopic (exact) mass is 356 g/mol. The molecule has 1 N–H and O–H groups in total. The molecule has 6 heteroatoms. The Morgan fingerprint density at radius 1 is 1.24 bits per heavy atom. The first-order chi connectivity index (χ1) is 10.1. The molecule has 4 nitrogen and oxygen atoms in total. The van der Waals surface area contributed by atoms with Crippen LogP contribution in [-0.4, -0.2) is 36.3 Å². The molecule has 1 aromatic carbocycles. The maximum atomic E-state index is 13.3. The summed E-state index contributed by atoms with van der Waals surface area (Å²) in [6, 6.07) is 4.20. The highest BCUT2D eigenvalue weighted by atomic mass is 79.9. The van der Waals surface area contributed by atoms with Crippen LogP contribution in [0.5, 0.6) is 0 Å². The maximum Gasteiger partial charge on any atom is 0.251 e. The standard InChI is InChI=1S/C15H18BrFN2O2/c16-12-5-4-11(10-13(12)17)15(21)18-7-6-14(20)19-8-2-1-3-9-19/h4-5,10H,1-3,6-9H2,(H,18,21). The second kappa shape index (κ2) is 7.54. The summed E-state index contributed by atoms with van der Waals surface area (Å²) in [6.45, 7) is 1.89. The lowest BCUT2D eigenvalue weighted by molar-refractivity contribution is -0.131. The Kier molecular flexibility index (Phi) is 5.73. The predicted octanol–water partition coefficient (Wildman–Crippen LogP) is 2.72. The number of amides is 2. The Balaban J connectivity index is 1.78. The van der Waals surface area contributed by atoms with Gasteiger partial charge in [-0.05, 0) is 53.4 Å². The Labute approximate surface area is 131 Å². The topological polar surface area (TPSA) is 49.4 Å². The number of rotatable bonds is 4. The predicted molar refractivity (Wildman–Crippen MR) is 81.5 cm³/mol. The van der Waals surface area contributed by atoms with Crippen LogP contribution in [-0.2, 0) is 4.79 Å². The van der Waals surface area contributed by atoms with Crippen LogP contribution in [0.3, 0.4) is 0 Å². The third-order valence-corrected chi connectivity index (χ3v) is 4.16. The average Bonchev–Trinajstić information content (AvgIpc) is 2.50. The molecule has 2 amide bonds. The fraction of sp³-hybridized carbons (Fsp3) is 0.467. The number of likely N-dealkylation sites (tertiary alicyclic amines) is 1. The second-order valence-electron chi connectivity index (χ2n) is 5.08. The second-order valence-corrected chi connectivity index (χ2v) is 5.93. The van der Waals surface area contributed by atoms with E-state index in [4.69, 9.17) is 0 Å². The zero-order valence-electron chi connectivity index (χ0n) is 11.7. The van der Waals surface area contributed by atoms with Gasteiger partial charge in [-0.15, -0.1) is 0 Å². The third kappa shape index (κ3) is 4.52. The van der Waals surface area contributed by atoms with Crippen molar-refractivity contribution in [2.45, 2.75) is 25.7 Å². The zero-order chi connectivity index (χ0) is 15.2. The molecular weight excluding hydrogens is 339 g/mol.